The minimum atomic E-state index is -0.582. The van der Waals surface area contributed by atoms with Gasteiger partial charge in [-0.3, -0.25) is 0 Å². The number of fused-ring (bicyclic) bond motifs is 4. The van der Waals surface area contributed by atoms with E-state index in [9.17, 15) is 15.0 Å². The van der Waals surface area contributed by atoms with Crippen LogP contribution < -0.4 is 10.4 Å². The second-order valence-electron chi connectivity index (χ2n) is 6.03. The second-order valence-corrected chi connectivity index (χ2v) is 7.00. The molecule has 6 heteroatoms. The Hall–Kier alpha value is -3.25. The number of aromatic hydroxyl groups is 2. The summed E-state index contributed by atoms with van der Waals surface area (Å²) in [5.41, 5.74) is 0.567. The highest BCUT2D eigenvalue weighted by Crippen LogP contribution is 2.54. The van der Waals surface area contributed by atoms with Crippen LogP contribution >= 0.6 is 11.3 Å². The number of rotatable bonds is 1. The van der Waals surface area contributed by atoms with Crippen LogP contribution in [0.25, 0.3) is 11.0 Å². The molecule has 1 unspecified atom stereocenters. The summed E-state index contributed by atoms with van der Waals surface area (Å²) in [5, 5.41) is 23.3. The number of hydrogen-bond acceptors (Lipinski definition) is 6. The number of hydrogen-bond donors (Lipinski definition) is 2. The van der Waals surface area contributed by atoms with Crippen LogP contribution in [0.1, 0.15) is 21.9 Å². The number of para-hydroxylation sites is 1. The highest BCUT2D eigenvalue weighted by molar-refractivity contribution is 7.10. The molecule has 0 aliphatic carbocycles. The molecular weight excluding hydrogens is 352 g/mol. The van der Waals surface area contributed by atoms with Gasteiger partial charge in [-0.2, -0.15) is 0 Å². The third kappa shape index (κ3) is 1.99. The molecule has 2 aromatic heterocycles. The van der Waals surface area contributed by atoms with Crippen molar-refractivity contribution in [3.05, 3.63) is 80.3 Å². The van der Waals surface area contributed by atoms with E-state index in [0.29, 0.717) is 27.8 Å². The van der Waals surface area contributed by atoms with Gasteiger partial charge < -0.3 is 19.4 Å². The van der Waals surface area contributed by atoms with Gasteiger partial charge in [0.25, 0.3) is 0 Å². The van der Waals surface area contributed by atoms with Crippen molar-refractivity contribution in [2.75, 3.05) is 0 Å². The fourth-order valence-electron chi connectivity index (χ4n) is 3.45. The van der Waals surface area contributed by atoms with Gasteiger partial charge >= 0.3 is 5.63 Å². The predicted octanol–water partition coefficient (Wildman–Crippen LogP) is 4.55. The normalized spacial score (nSPS) is 15.3. The Morgan fingerprint density at radius 2 is 1.69 bits per heavy atom. The summed E-state index contributed by atoms with van der Waals surface area (Å²) in [6.07, 6.45) is 0. The lowest BCUT2D eigenvalue weighted by molar-refractivity contribution is 0.380. The van der Waals surface area contributed by atoms with Gasteiger partial charge in [0.15, 0.2) is 11.5 Å². The van der Waals surface area contributed by atoms with E-state index in [0.717, 1.165) is 4.88 Å². The Kier molecular flexibility index (Phi) is 3.11. The first-order chi connectivity index (χ1) is 12.6. The molecule has 4 aromatic rings. The molecule has 128 valence electrons. The van der Waals surface area contributed by atoms with Crippen LogP contribution in [-0.4, -0.2) is 10.2 Å². The summed E-state index contributed by atoms with van der Waals surface area (Å²) in [5.74, 6) is -0.214. The van der Waals surface area contributed by atoms with Crippen LogP contribution in [0.2, 0.25) is 0 Å². The molecular formula is C20H12O5S. The summed E-state index contributed by atoms with van der Waals surface area (Å²) in [6, 6.07) is 13.6. The van der Waals surface area contributed by atoms with E-state index in [-0.39, 0.29) is 17.2 Å². The fourth-order valence-corrected chi connectivity index (χ4v) is 4.29. The van der Waals surface area contributed by atoms with Crippen LogP contribution in [0.3, 0.4) is 0 Å². The first-order valence-corrected chi connectivity index (χ1v) is 8.85. The number of phenolic OH excluding ortho intramolecular Hbond substituents is 2. The molecule has 5 nitrogen and oxygen atoms in total. The van der Waals surface area contributed by atoms with Crippen molar-refractivity contribution in [3.8, 4) is 23.0 Å². The van der Waals surface area contributed by atoms with E-state index in [1.165, 1.54) is 23.5 Å². The SMILES string of the molecule is O=c1oc2ccccc2c2c1C(c1cccs1)c1c(O)ccc(O)c1O2. The Morgan fingerprint density at radius 3 is 2.50 bits per heavy atom. The molecule has 0 saturated heterocycles. The van der Waals surface area contributed by atoms with Gasteiger partial charge in [0.2, 0.25) is 0 Å². The van der Waals surface area contributed by atoms with Crippen molar-refractivity contribution in [1.82, 2.24) is 0 Å². The van der Waals surface area contributed by atoms with Crippen LogP contribution in [-0.2, 0) is 0 Å². The number of phenols is 2. The van der Waals surface area contributed by atoms with Gasteiger partial charge in [0, 0.05) is 4.88 Å². The van der Waals surface area contributed by atoms with Gasteiger partial charge in [0.1, 0.15) is 17.1 Å². The van der Waals surface area contributed by atoms with Crippen LogP contribution in [0.15, 0.2) is 63.1 Å². The van der Waals surface area contributed by atoms with Gasteiger partial charge in [-0.05, 0) is 35.7 Å². The average molecular weight is 364 g/mol. The number of thiophene rings is 1. The monoisotopic (exact) mass is 364 g/mol. The maximum Gasteiger partial charge on any atom is 0.344 e. The Labute approximate surface area is 151 Å². The lowest BCUT2D eigenvalue weighted by atomic mass is 9.86. The lowest BCUT2D eigenvalue weighted by Crippen LogP contribution is -2.20. The van der Waals surface area contributed by atoms with Crippen LogP contribution in [0, 0.1) is 0 Å². The topological polar surface area (TPSA) is 79.9 Å². The summed E-state index contributed by atoms with van der Waals surface area (Å²) >= 11 is 1.46. The molecule has 3 heterocycles. The molecule has 26 heavy (non-hydrogen) atoms. The first-order valence-electron chi connectivity index (χ1n) is 7.97. The highest BCUT2D eigenvalue weighted by atomic mass is 32.1. The standard InChI is InChI=1S/C20H12O5S/c21-11-7-8-12(22)19-15(11)16(14-6-3-9-26-14)17-18(25-19)10-4-1-2-5-13(10)24-20(17)23/h1-9,16,21-22H. The molecule has 1 aliphatic rings. The quantitative estimate of drug-likeness (QED) is 0.337. The van der Waals surface area contributed by atoms with E-state index in [4.69, 9.17) is 9.15 Å². The largest absolute Gasteiger partial charge is 0.507 e. The van der Waals surface area contributed by atoms with Crippen molar-refractivity contribution in [2.24, 2.45) is 0 Å². The maximum absolute atomic E-state index is 12.8. The third-order valence-electron chi connectivity index (χ3n) is 4.56. The minimum absolute atomic E-state index is 0.0468. The molecule has 0 radical (unpaired) electrons. The van der Waals surface area contributed by atoms with Crippen LogP contribution in [0.5, 0.6) is 23.0 Å². The fraction of sp³-hybridized carbons (Fsp3) is 0.0500. The molecule has 0 saturated carbocycles. The maximum atomic E-state index is 12.8. The summed E-state index contributed by atoms with van der Waals surface area (Å²) in [7, 11) is 0. The summed E-state index contributed by atoms with van der Waals surface area (Å²) in [4.78, 5) is 13.6. The van der Waals surface area contributed by atoms with E-state index in [1.54, 1.807) is 18.2 Å². The van der Waals surface area contributed by atoms with Gasteiger partial charge in [-0.1, -0.05) is 18.2 Å². The smallest absolute Gasteiger partial charge is 0.344 e. The zero-order valence-electron chi connectivity index (χ0n) is 13.3. The molecule has 2 N–H and O–H groups in total. The van der Waals surface area contributed by atoms with Crippen molar-refractivity contribution in [3.63, 3.8) is 0 Å². The molecule has 1 aliphatic heterocycles. The zero-order chi connectivity index (χ0) is 17.8. The van der Waals surface area contributed by atoms with Crippen molar-refractivity contribution >= 4 is 22.3 Å². The van der Waals surface area contributed by atoms with Gasteiger partial charge in [0.05, 0.1) is 22.4 Å². The van der Waals surface area contributed by atoms with Gasteiger partial charge in [-0.15, -0.1) is 11.3 Å². The van der Waals surface area contributed by atoms with E-state index < -0.39 is 11.5 Å². The first kappa shape index (κ1) is 15.0. The Morgan fingerprint density at radius 1 is 0.885 bits per heavy atom. The molecule has 2 aromatic carbocycles. The predicted molar refractivity (Wildman–Crippen MR) is 97.6 cm³/mol. The molecule has 0 fully saturated rings. The zero-order valence-corrected chi connectivity index (χ0v) is 14.1. The van der Waals surface area contributed by atoms with E-state index >= 15 is 0 Å². The minimum Gasteiger partial charge on any atom is -0.507 e. The summed E-state index contributed by atoms with van der Waals surface area (Å²) < 4.78 is 11.4. The molecule has 1 atom stereocenters. The Bertz CT molecular complexity index is 1210. The van der Waals surface area contributed by atoms with Crippen LogP contribution in [0.4, 0.5) is 0 Å². The number of benzene rings is 2. The van der Waals surface area contributed by atoms with E-state index in [2.05, 4.69) is 0 Å². The van der Waals surface area contributed by atoms with Crippen molar-refractivity contribution < 1.29 is 19.4 Å². The Balaban J connectivity index is 1.94. The molecule has 0 bridgehead atoms. The molecule has 5 rings (SSSR count). The average Bonchev–Trinajstić information content (AvgIpc) is 3.18. The molecule has 0 spiro atoms. The number of ether oxygens (including phenoxy) is 1. The van der Waals surface area contributed by atoms with Gasteiger partial charge in [-0.25, -0.2) is 4.79 Å². The highest BCUT2D eigenvalue weighted by Gasteiger charge is 2.37. The molecule has 0 amide bonds. The van der Waals surface area contributed by atoms with Crippen molar-refractivity contribution in [1.29, 1.82) is 0 Å². The lowest BCUT2D eigenvalue weighted by Gasteiger charge is -2.28. The van der Waals surface area contributed by atoms with E-state index in [1.807, 2.05) is 23.6 Å². The second kappa shape index (κ2) is 5.37. The summed E-state index contributed by atoms with van der Waals surface area (Å²) in [6.45, 7) is 0. The van der Waals surface area contributed by atoms with Crippen molar-refractivity contribution in [2.45, 2.75) is 5.92 Å². The third-order valence-corrected chi connectivity index (χ3v) is 5.50.